The van der Waals surface area contributed by atoms with Gasteiger partial charge in [-0.2, -0.15) is 35.5 Å². The second-order valence-corrected chi connectivity index (χ2v) is 13.4. The van der Waals surface area contributed by atoms with Crippen LogP contribution in [-0.2, 0) is 25.4 Å². The van der Waals surface area contributed by atoms with Gasteiger partial charge >= 0.3 is 24.3 Å². The Morgan fingerprint density at radius 1 is 0.446 bits per heavy atom. The molecule has 0 aliphatic heterocycles. The van der Waals surface area contributed by atoms with Gasteiger partial charge in [-0.05, 0) is 60.7 Å². The summed E-state index contributed by atoms with van der Waals surface area (Å²) in [5.41, 5.74) is 2.08. The van der Waals surface area contributed by atoms with Crippen molar-refractivity contribution in [2.75, 3.05) is 0 Å². The first-order chi connectivity index (χ1) is 26.7. The molecule has 6 nitrogen and oxygen atoms in total. The Kier molecular flexibility index (Phi) is 8.71. The Labute approximate surface area is 313 Å². The number of para-hydroxylation sites is 2. The monoisotopic (exact) mass is 762 g/mol. The van der Waals surface area contributed by atoms with Gasteiger partial charge in [0.15, 0.2) is 13.1 Å². The van der Waals surface area contributed by atoms with Gasteiger partial charge in [0.25, 0.3) is 0 Å². The number of carboxylic acids is 2. The van der Waals surface area contributed by atoms with Crippen LogP contribution < -0.4 is 9.13 Å². The first-order valence-electron chi connectivity index (χ1n) is 17.2. The summed E-state index contributed by atoms with van der Waals surface area (Å²) in [5.74, 6) is -2.23. The highest BCUT2D eigenvalue weighted by molar-refractivity contribution is 6.19. The smallest absolute Gasteiger partial charge is 0.416 e. The number of carbonyl (C=O) groups is 2. The summed E-state index contributed by atoms with van der Waals surface area (Å²) in [5, 5.41) is 20.1. The summed E-state index contributed by atoms with van der Waals surface area (Å²) in [7, 11) is 0. The van der Waals surface area contributed by atoms with E-state index in [0.717, 1.165) is 24.3 Å². The fraction of sp³-hybridized carbons (Fsp3) is 0.0909. The first-order valence-corrected chi connectivity index (χ1v) is 17.2. The molecule has 12 heteroatoms. The number of carboxylic acid groups (broad SMARTS) is 2. The van der Waals surface area contributed by atoms with Crippen molar-refractivity contribution in [2.24, 2.45) is 0 Å². The van der Waals surface area contributed by atoms with Gasteiger partial charge in [-0.1, -0.05) is 48.5 Å². The Bertz CT molecular complexity index is 2690. The van der Waals surface area contributed by atoms with Crippen LogP contribution in [0.15, 0.2) is 133 Å². The van der Waals surface area contributed by atoms with Crippen LogP contribution in [0.3, 0.4) is 0 Å². The lowest BCUT2D eigenvalue weighted by atomic mass is 9.88. The number of rotatable bonds is 7. The zero-order valence-corrected chi connectivity index (χ0v) is 29.0. The van der Waals surface area contributed by atoms with Crippen molar-refractivity contribution in [2.45, 2.75) is 25.4 Å². The molecule has 2 N–H and O–H groups in total. The molecular weight excluding hydrogens is 734 g/mol. The topological polar surface area (TPSA) is 82.4 Å². The van der Waals surface area contributed by atoms with E-state index in [4.69, 9.17) is 0 Å². The van der Waals surface area contributed by atoms with Crippen molar-refractivity contribution >= 4 is 55.6 Å². The maximum atomic E-state index is 14.5. The number of halogens is 6. The molecule has 0 amide bonds. The number of fused-ring (bicyclic) bond motifs is 4. The lowest BCUT2D eigenvalue weighted by Gasteiger charge is -2.18. The molecule has 0 aliphatic carbocycles. The second-order valence-electron chi connectivity index (χ2n) is 13.4. The molecule has 0 spiro atoms. The third-order valence-electron chi connectivity index (χ3n) is 10.0. The van der Waals surface area contributed by atoms with E-state index in [1.807, 2.05) is 9.13 Å². The Morgan fingerprint density at radius 3 is 1.12 bits per heavy atom. The van der Waals surface area contributed by atoms with Gasteiger partial charge in [-0.15, -0.1) is 0 Å². The van der Waals surface area contributed by atoms with Crippen molar-refractivity contribution in [1.82, 2.24) is 0 Å². The van der Waals surface area contributed by atoms with E-state index in [2.05, 4.69) is 0 Å². The zero-order valence-electron chi connectivity index (χ0n) is 29.0. The molecular formula is C44H28F6N2O4+2. The zero-order chi connectivity index (χ0) is 39.5. The average Bonchev–Trinajstić information content (AvgIpc) is 3.17. The number of aromatic nitrogens is 2. The van der Waals surface area contributed by atoms with Crippen molar-refractivity contribution in [1.29, 1.82) is 0 Å². The number of benzene rings is 6. The molecule has 6 aromatic carbocycles. The Balaban J connectivity index is 1.50. The predicted octanol–water partition coefficient (Wildman–Crippen LogP) is 10.1. The van der Waals surface area contributed by atoms with Crippen LogP contribution in [0.1, 0.15) is 43.0 Å². The van der Waals surface area contributed by atoms with Crippen LogP contribution in [-0.4, -0.2) is 22.2 Å². The van der Waals surface area contributed by atoms with E-state index >= 15 is 0 Å². The van der Waals surface area contributed by atoms with E-state index in [1.165, 1.54) is 36.4 Å². The number of alkyl halides is 6. The van der Waals surface area contributed by atoms with E-state index in [9.17, 15) is 46.1 Å². The maximum absolute atomic E-state index is 14.5. The summed E-state index contributed by atoms with van der Waals surface area (Å²) < 4.78 is 90.7. The molecule has 2 heterocycles. The Hall–Kier alpha value is -6.82. The Morgan fingerprint density at radius 2 is 0.786 bits per heavy atom. The number of aromatic carboxylic acids is 2. The quantitative estimate of drug-likeness (QED) is 0.0963. The van der Waals surface area contributed by atoms with Crippen LogP contribution >= 0.6 is 0 Å². The van der Waals surface area contributed by atoms with Crippen molar-refractivity contribution in [3.63, 3.8) is 0 Å². The number of nitrogens with zero attached hydrogens (tertiary/aromatic N) is 2. The fourth-order valence-corrected chi connectivity index (χ4v) is 7.44. The van der Waals surface area contributed by atoms with Crippen molar-refractivity contribution in [3.8, 4) is 11.1 Å². The molecule has 0 radical (unpaired) electrons. The first kappa shape index (κ1) is 36.2. The van der Waals surface area contributed by atoms with Gasteiger partial charge in [0.05, 0.1) is 43.8 Å². The largest absolute Gasteiger partial charge is 0.478 e. The van der Waals surface area contributed by atoms with Gasteiger partial charge in [0.2, 0.25) is 22.1 Å². The molecule has 0 bridgehead atoms. The summed E-state index contributed by atoms with van der Waals surface area (Å²) in [4.78, 5) is 23.1. The molecule has 2 aromatic heterocycles. The summed E-state index contributed by atoms with van der Waals surface area (Å²) in [6, 6.07) is 33.0. The fourth-order valence-electron chi connectivity index (χ4n) is 7.44. The highest BCUT2D eigenvalue weighted by atomic mass is 19.4. The third kappa shape index (κ3) is 6.42. The normalized spacial score (nSPS) is 12.2. The summed E-state index contributed by atoms with van der Waals surface area (Å²) in [6.07, 6.45) is -9.50. The highest BCUT2D eigenvalue weighted by Gasteiger charge is 2.36. The third-order valence-corrected chi connectivity index (χ3v) is 10.0. The molecule has 0 saturated carbocycles. The van der Waals surface area contributed by atoms with Gasteiger partial charge < -0.3 is 10.2 Å². The average molecular weight is 763 g/mol. The standard InChI is InChI=1S/C44H26F6N2O4/c45-43(46,47)29-17-19-37-33(21-29)39(31-5-1-3-7-35(31)51(37)23-25-9-13-27(14-10-25)41(53)54)40-32-6-2-4-8-36(32)52(24-26-11-15-28(16-12-26)42(55)56)38-20-18-30(22-34(38)40)44(48,49)50/h1-22H,23-24H2/p+2. The molecule has 278 valence electrons. The molecule has 0 aliphatic rings. The van der Waals surface area contributed by atoms with Gasteiger partial charge in [-0.3, -0.25) is 0 Å². The van der Waals surface area contributed by atoms with E-state index in [-0.39, 0.29) is 35.0 Å². The summed E-state index contributed by atoms with van der Waals surface area (Å²) >= 11 is 0. The van der Waals surface area contributed by atoms with Crippen LogP contribution in [0.2, 0.25) is 0 Å². The van der Waals surface area contributed by atoms with Crippen LogP contribution in [0.5, 0.6) is 0 Å². The van der Waals surface area contributed by atoms with E-state index in [1.54, 1.807) is 72.8 Å². The van der Waals surface area contributed by atoms with Crippen LogP contribution in [0.4, 0.5) is 26.3 Å². The van der Waals surface area contributed by atoms with Gasteiger partial charge in [0, 0.05) is 46.5 Å². The molecule has 0 atom stereocenters. The lowest BCUT2D eigenvalue weighted by Crippen LogP contribution is -2.37. The molecule has 0 fully saturated rings. The van der Waals surface area contributed by atoms with Crippen LogP contribution in [0, 0.1) is 0 Å². The molecule has 8 rings (SSSR count). The van der Waals surface area contributed by atoms with Crippen LogP contribution in [0.25, 0.3) is 54.7 Å². The minimum absolute atomic E-state index is 0.0641. The van der Waals surface area contributed by atoms with Gasteiger partial charge in [-0.25, -0.2) is 9.59 Å². The molecule has 8 aromatic rings. The number of hydrogen-bond donors (Lipinski definition) is 2. The molecule has 56 heavy (non-hydrogen) atoms. The molecule has 0 unspecified atom stereocenters. The number of pyridine rings is 2. The molecule has 0 saturated heterocycles. The van der Waals surface area contributed by atoms with Crippen molar-refractivity contribution in [3.05, 3.63) is 167 Å². The minimum atomic E-state index is -4.75. The summed E-state index contributed by atoms with van der Waals surface area (Å²) in [6.45, 7) is 0.273. The van der Waals surface area contributed by atoms with E-state index in [0.29, 0.717) is 55.1 Å². The second kappa shape index (κ2) is 13.5. The maximum Gasteiger partial charge on any atom is 0.416 e. The number of hydrogen-bond acceptors (Lipinski definition) is 2. The lowest BCUT2D eigenvalue weighted by molar-refractivity contribution is -0.636. The predicted molar refractivity (Wildman–Crippen MR) is 197 cm³/mol. The van der Waals surface area contributed by atoms with E-state index < -0.39 is 35.4 Å². The van der Waals surface area contributed by atoms with Gasteiger partial charge in [0.1, 0.15) is 0 Å². The van der Waals surface area contributed by atoms with Crippen molar-refractivity contribution < 1.29 is 55.3 Å². The minimum Gasteiger partial charge on any atom is -0.478 e. The highest BCUT2D eigenvalue weighted by Crippen LogP contribution is 2.44. The SMILES string of the molecule is O=C(O)c1ccc(C[n+]2c3ccccc3c(-c3c4ccccc4[n+](Cc4ccc(C(=O)O)cc4)c4ccc(C(F)(F)F)cc34)c3cc(C(F)(F)F)ccc32)cc1.